The van der Waals surface area contributed by atoms with Crippen LogP contribution in [0.4, 0.5) is 5.95 Å². The molecule has 9 heteroatoms. The van der Waals surface area contributed by atoms with E-state index in [1.807, 2.05) is 13.8 Å². The zero-order valence-electron chi connectivity index (χ0n) is 15.1. The average molecular weight is 366 g/mol. The number of anilines is 1. The molecule has 138 valence electrons. The van der Waals surface area contributed by atoms with Crippen molar-refractivity contribution in [1.82, 2.24) is 19.7 Å². The lowest BCUT2D eigenvalue weighted by atomic mass is 10.1. The van der Waals surface area contributed by atoms with Crippen LogP contribution in [0, 0.1) is 13.8 Å². The highest BCUT2D eigenvalue weighted by atomic mass is 16.3. The number of nitrogens with one attached hydrogen (secondary N) is 2. The maximum absolute atomic E-state index is 12.6. The first kappa shape index (κ1) is 16.8. The Labute approximate surface area is 153 Å². The van der Waals surface area contributed by atoms with Crippen LogP contribution in [-0.2, 0) is 6.54 Å². The highest BCUT2D eigenvalue weighted by molar-refractivity contribution is 6.14. The van der Waals surface area contributed by atoms with Gasteiger partial charge < -0.3 is 15.1 Å². The second-order valence-electron chi connectivity index (χ2n) is 6.31. The van der Waals surface area contributed by atoms with Gasteiger partial charge in [-0.05, 0) is 39.0 Å². The standard InChI is InChI=1S/C18H18N6O3/c1-4-24-13(5-8(2)23-24)17(26)22-18-20-12-7-11(16(19)25)15-10(14(12)21-18)6-9(3)27-15/h5-7H,4H2,1-3H3,(H2,19,25)(H2,20,21,22,26). The summed E-state index contributed by atoms with van der Waals surface area (Å²) in [6.45, 7) is 6.10. The smallest absolute Gasteiger partial charge is 0.276 e. The summed E-state index contributed by atoms with van der Waals surface area (Å²) in [5.74, 6) is -0.0285. The molecule has 9 nitrogen and oxygen atoms in total. The number of aromatic nitrogens is 4. The molecular formula is C18H18N6O3. The molecule has 4 N–H and O–H groups in total. The molecule has 4 rings (SSSR count). The lowest BCUT2D eigenvalue weighted by molar-refractivity contribution is 0.0996. The van der Waals surface area contributed by atoms with Crippen LogP contribution in [0.2, 0.25) is 0 Å². The first-order chi connectivity index (χ1) is 12.9. The summed E-state index contributed by atoms with van der Waals surface area (Å²) in [6, 6.07) is 5.06. The molecular weight excluding hydrogens is 348 g/mol. The molecule has 3 aromatic heterocycles. The number of fused-ring (bicyclic) bond motifs is 3. The first-order valence-electron chi connectivity index (χ1n) is 8.45. The molecule has 0 aliphatic heterocycles. The van der Waals surface area contributed by atoms with Gasteiger partial charge in [-0.25, -0.2) is 4.98 Å². The first-order valence-corrected chi connectivity index (χ1v) is 8.45. The van der Waals surface area contributed by atoms with Crippen molar-refractivity contribution in [2.24, 2.45) is 5.73 Å². The van der Waals surface area contributed by atoms with Crippen LogP contribution in [0.15, 0.2) is 22.6 Å². The fourth-order valence-electron chi connectivity index (χ4n) is 3.18. The number of hydrogen-bond donors (Lipinski definition) is 3. The number of benzene rings is 1. The van der Waals surface area contributed by atoms with E-state index in [4.69, 9.17) is 10.2 Å². The predicted octanol–water partition coefficient (Wildman–Crippen LogP) is 2.49. The summed E-state index contributed by atoms with van der Waals surface area (Å²) in [5, 5.41) is 7.70. The van der Waals surface area contributed by atoms with Crippen LogP contribution in [0.1, 0.15) is 39.2 Å². The second-order valence-corrected chi connectivity index (χ2v) is 6.31. The Morgan fingerprint density at radius 2 is 2.07 bits per heavy atom. The molecule has 0 aliphatic rings. The Kier molecular flexibility index (Phi) is 3.72. The second kappa shape index (κ2) is 5.97. The Hall–Kier alpha value is -3.62. The van der Waals surface area contributed by atoms with Crippen molar-refractivity contribution in [3.8, 4) is 0 Å². The van der Waals surface area contributed by atoms with Gasteiger partial charge in [-0.15, -0.1) is 0 Å². The van der Waals surface area contributed by atoms with Gasteiger partial charge >= 0.3 is 0 Å². The zero-order valence-corrected chi connectivity index (χ0v) is 15.1. The number of carbonyl (C=O) groups is 2. The molecule has 0 saturated carbocycles. The fraction of sp³-hybridized carbons (Fsp3) is 0.222. The monoisotopic (exact) mass is 366 g/mol. The molecule has 3 heterocycles. The Bertz CT molecular complexity index is 1210. The number of H-pyrrole nitrogens is 1. The molecule has 27 heavy (non-hydrogen) atoms. The summed E-state index contributed by atoms with van der Waals surface area (Å²) in [6.07, 6.45) is 0. The van der Waals surface area contributed by atoms with E-state index < -0.39 is 5.91 Å². The van der Waals surface area contributed by atoms with Gasteiger partial charge in [0.1, 0.15) is 17.0 Å². The van der Waals surface area contributed by atoms with E-state index in [1.165, 1.54) is 0 Å². The van der Waals surface area contributed by atoms with Crippen molar-refractivity contribution in [3.63, 3.8) is 0 Å². The Balaban J connectivity index is 1.78. The minimum atomic E-state index is -0.604. The third-order valence-electron chi connectivity index (χ3n) is 4.31. The fourth-order valence-corrected chi connectivity index (χ4v) is 3.18. The van der Waals surface area contributed by atoms with Gasteiger partial charge in [0.05, 0.1) is 22.3 Å². The molecule has 1 aromatic carbocycles. The van der Waals surface area contributed by atoms with E-state index in [0.29, 0.717) is 40.0 Å². The van der Waals surface area contributed by atoms with E-state index >= 15 is 0 Å². The Morgan fingerprint density at radius 3 is 2.78 bits per heavy atom. The van der Waals surface area contributed by atoms with Gasteiger partial charge in [-0.3, -0.25) is 19.6 Å². The molecule has 0 bridgehead atoms. The lowest BCUT2D eigenvalue weighted by Crippen LogP contribution is -2.18. The van der Waals surface area contributed by atoms with Crippen molar-refractivity contribution >= 4 is 39.8 Å². The van der Waals surface area contributed by atoms with Crippen LogP contribution in [-0.4, -0.2) is 31.6 Å². The van der Waals surface area contributed by atoms with Gasteiger partial charge in [0.25, 0.3) is 11.8 Å². The number of hydrogen-bond acceptors (Lipinski definition) is 5. The van der Waals surface area contributed by atoms with E-state index in [0.717, 1.165) is 5.69 Å². The van der Waals surface area contributed by atoms with Crippen LogP contribution < -0.4 is 11.1 Å². The molecule has 0 aliphatic carbocycles. The number of aryl methyl sites for hydroxylation is 3. The van der Waals surface area contributed by atoms with Crippen LogP contribution in [0.25, 0.3) is 22.0 Å². The quantitative estimate of drug-likeness (QED) is 0.510. The van der Waals surface area contributed by atoms with Gasteiger partial charge in [-0.1, -0.05) is 0 Å². The minimum Gasteiger partial charge on any atom is -0.460 e. The van der Waals surface area contributed by atoms with Crippen molar-refractivity contribution in [3.05, 3.63) is 40.9 Å². The molecule has 0 unspecified atom stereocenters. The molecule has 0 saturated heterocycles. The topological polar surface area (TPSA) is 132 Å². The van der Waals surface area contributed by atoms with Gasteiger partial charge in [0.15, 0.2) is 0 Å². The molecule has 4 aromatic rings. The van der Waals surface area contributed by atoms with E-state index in [1.54, 1.807) is 29.8 Å². The van der Waals surface area contributed by atoms with Gasteiger partial charge in [0.2, 0.25) is 5.95 Å². The highest BCUT2D eigenvalue weighted by Crippen LogP contribution is 2.31. The zero-order chi connectivity index (χ0) is 19.3. The van der Waals surface area contributed by atoms with Crippen molar-refractivity contribution in [2.45, 2.75) is 27.3 Å². The number of nitrogens with zero attached hydrogens (tertiary/aromatic N) is 3. The predicted molar refractivity (Wildman–Crippen MR) is 99.7 cm³/mol. The largest absolute Gasteiger partial charge is 0.460 e. The number of aromatic amines is 1. The van der Waals surface area contributed by atoms with Crippen LogP contribution >= 0.6 is 0 Å². The number of carbonyl (C=O) groups excluding carboxylic acids is 2. The van der Waals surface area contributed by atoms with Crippen molar-refractivity contribution in [1.29, 1.82) is 0 Å². The van der Waals surface area contributed by atoms with Crippen LogP contribution in [0.3, 0.4) is 0 Å². The number of rotatable bonds is 4. The van der Waals surface area contributed by atoms with Crippen molar-refractivity contribution in [2.75, 3.05) is 5.32 Å². The maximum atomic E-state index is 12.6. The van der Waals surface area contributed by atoms with Crippen molar-refractivity contribution < 1.29 is 14.0 Å². The number of amides is 2. The van der Waals surface area contributed by atoms with E-state index in [-0.39, 0.29) is 17.4 Å². The minimum absolute atomic E-state index is 0.245. The molecule has 0 fully saturated rings. The summed E-state index contributed by atoms with van der Waals surface area (Å²) in [5.41, 5.74) is 8.47. The normalized spacial score (nSPS) is 11.4. The van der Waals surface area contributed by atoms with E-state index in [9.17, 15) is 9.59 Å². The maximum Gasteiger partial charge on any atom is 0.276 e. The third-order valence-corrected chi connectivity index (χ3v) is 4.31. The molecule has 0 radical (unpaired) electrons. The molecule has 2 amide bonds. The van der Waals surface area contributed by atoms with Gasteiger partial charge in [0, 0.05) is 11.9 Å². The van der Waals surface area contributed by atoms with E-state index in [2.05, 4.69) is 20.4 Å². The third kappa shape index (κ3) is 2.73. The number of primary amides is 1. The average Bonchev–Trinajstić information content (AvgIpc) is 3.28. The lowest BCUT2D eigenvalue weighted by Gasteiger charge is -2.03. The number of imidazole rings is 1. The SMILES string of the molecule is CCn1nc(C)cc1C(=O)Nc1nc2cc(C(N)=O)c3oc(C)cc3c2[nH]1. The summed E-state index contributed by atoms with van der Waals surface area (Å²) in [7, 11) is 0. The molecule has 0 atom stereocenters. The number of furan rings is 1. The van der Waals surface area contributed by atoms with Crippen LogP contribution in [0.5, 0.6) is 0 Å². The summed E-state index contributed by atoms with van der Waals surface area (Å²) >= 11 is 0. The molecule has 0 spiro atoms. The highest BCUT2D eigenvalue weighted by Gasteiger charge is 2.19. The summed E-state index contributed by atoms with van der Waals surface area (Å²) in [4.78, 5) is 31.8. The summed E-state index contributed by atoms with van der Waals surface area (Å²) < 4.78 is 7.23. The number of nitrogens with two attached hydrogens (primary N) is 1. The van der Waals surface area contributed by atoms with Gasteiger partial charge in [-0.2, -0.15) is 5.10 Å². The Morgan fingerprint density at radius 1 is 1.30 bits per heavy atom.